The molecule has 8 aromatic rings. The van der Waals surface area contributed by atoms with E-state index in [1.165, 1.54) is 11.1 Å². The summed E-state index contributed by atoms with van der Waals surface area (Å²) >= 11 is 0. The number of rotatable bonds is 3. The average molecular weight is 652 g/mol. The fraction of sp³-hybridized carbons (Fsp3) is 0.222. The molecule has 5 heteroatoms. The molecule has 0 N–H and O–H groups in total. The maximum Gasteiger partial charge on any atom is 0.126 e. The summed E-state index contributed by atoms with van der Waals surface area (Å²) in [6.45, 7) is 17.4. The Morgan fingerprint density at radius 3 is 1.44 bits per heavy atom. The summed E-state index contributed by atoms with van der Waals surface area (Å²) < 4.78 is 4.58. The van der Waals surface area contributed by atoms with Crippen LogP contribution in [0.3, 0.4) is 0 Å². The molecule has 0 unspecified atom stereocenters. The Balaban J connectivity index is 1.57. The van der Waals surface area contributed by atoms with Gasteiger partial charge in [0.1, 0.15) is 17.5 Å². The van der Waals surface area contributed by atoms with Gasteiger partial charge in [0.15, 0.2) is 0 Å². The Labute approximate surface area is 293 Å². The monoisotopic (exact) mass is 651 g/mol. The van der Waals surface area contributed by atoms with Crippen molar-refractivity contribution in [3.8, 4) is 28.7 Å². The van der Waals surface area contributed by atoms with Crippen molar-refractivity contribution < 1.29 is 0 Å². The summed E-state index contributed by atoms with van der Waals surface area (Å²) in [6.07, 6.45) is 0. The highest BCUT2D eigenvalue weighted by atomic mass is 15.0. The van der Waals surface area contributed by atoms with Crippen LogP contribution in [0.5, 0.6) is 0 Å². The van der Waals surface area contributed by atoms with Crippen LogP contribution >= 0.6 is 0 Å². The van der Waals surface area contributed by atoms with Crippen LogP contribution in [0.4, 0.5) is 0 Å². The van der Waals surface area contributed by atoms with Gasteiger partial charge in [0.05, 0.1) is 39.1 Å². The van der Waals surface area contributed by atoms with Gasteiger partial charge in [-0.1, -0.05) is 102 Å². The fourth-order valence-electron chi connectivity index (χ4n) is 7.48. The predicted octanol–water partition coefficient (Wildman–Crippen LogP) is 11.4. The summed E-state index contributed by atoms with van der Waals surface area (Å²) in [5, 5.41) is 15.9. The molecule has 0 bridgehead atoms. The number of aromatic nitrogens is 4. The molecular weight excluding hydrogens is 611 g/mol. The zero-order chi connectivity index (χ0) is 35.1. The van der Waals surface area contributed by atoms with Crippen LogP contribution in [0, 0.1) is 25.2 Å². The lowest BCUT2D eigenvalue weighted by Crippen LogP contribution is -2.11. The van der Waals surface area contributed by atoms with Gasteiger partial charge in [-0.25, -0.2) is 9.97 Å². The Kier molecular flexibility index (Phi) is 7.03. The highest BCUT2D eigenvalue weighted by Crippen LogP contribution is 2.41. The normalized spacial score (nSPS) is 12.4. The Hall–Kier alpha value is -5.73. The minimum atomic E-state index is -0.0513. The van der Waals surface area contributed by atoms with E-state index in [-0.39, 0.29) is 10.8 Å². The quantitative estimate of drug-likeness (QED) is 0.191. The van der Waals surface area contributed by atoms with Crippen molar-refractivity contribution in [2.24, 2.45) is 0 Å². The number of benzene rings is 5. The summed E-state index contributed by atoms with van der Waals surface area (Å²) in [7, 11) is 0. The SMILES string of the molecule is Cc1cc(-c2cc(-n3c4ccccc4c4ccc(C(C)(C)C)cc43)c(C#N)c(-n3c4ccccc4c4ccc(C(C)(C)C)cc43)c2)nc(C)n1. The molecule has 5 nitrogen and oxygen atoms in total. The first-order chi connectivity index (χ1) is 23.8. The molecule has 0 spiro atoms. The zero-order valence-corrected chi connectivity index (χ0v) is 30.1. The lowest BCUT2D eigenvalue weighted by Gasteiger charge is -2.21. The average Bonchev–Trinajstić information content (AvgIpc) is 3.58. The lowest BCUT2D eigenvalue weighted by molar-refractivity contribution is 0.590. The van der Waals surface area contributed by atoms with Gasteiger partial charge in [-0.3, -0.25) is 0 Å². The molecule has 50 heavy (non-hydrogen) atoms. The first-order valence-electron chi connectivity index (χ1n) is 17.3. The van der Waals surface area contributed by atoms with E-state index >= 15 is 0 Å². The number of hydrogen-bond acceptors (Lipinski definition) is 3. The second kappa shape index (κ2) is 11.1. The van der Waals surface area contributed by atoms with E-state index in [0.717, 1.165) is 71.9 Å². The van der Waals surface area contributed by atoms with Crippen molar-refractivity contribution in [2.75, 3.05) is 0 Å². The molecule has 246 valence electrons. The molecule has 0 saturated carbocycles. The topological polar surface area (TPSA) is 59.4 Å². The van der Waals surface area contributed by atoms with Gasteiger partial charge >= 0.3 is 0 Å². The summed E-state index contributed by atoms with van der Waals surface area (Å²) in [4.78, 5) is 9.53. The zero-order valence-electron chi connectivity index (χ0n) is 30.1. The van der Waals surface area contributed by atoms with E-state index in [9.17, 15) is 5.26 Å². The van der Waals surface area contributed by atoms with Crippen LogP contribution in [0.15, 0.2) is 103 Å². The lowest BCUT2D eigenvalue weighted by atomic mass is 9.86. The van der Waals surface area contributed by atoms with Gasteiger partial charge in [-0.2, -0.15) is 5.26 Å². The molecule has 3 heterocycles. The number of fused-ring (bicyclic) bond motifs is 6. The molecule has 8 rings (SSSR count). The van der Waals surface area contributed by atoms with Crippen molar-refractivity contribution in [2.45, 2.75) is 66.2 Å². The molecular formula is C45H41N5. The van der Waals surface area contributed by atoms with Gasteiger partial charge in [0.2, 0.25) is 0 Å². The molecule has 3 aromatic heterocycles. The number of nitriles is 1. The minimum Gasteiger partial charge on any atom is -0.308 e. The van der Waals surface area contributed by atoms with Gasteiger partial charge in [-0.15, -0.1) is 0 Å². The van der Waals surface area contributed by atoms with Crippen LogP contribution in [0.2, 0.25) is 0 Å². The standard InChI is InChI=1S/C45H41N5/c1-27-21-37(48-28(2)47-27)29-22-40(49-38-15-11-9-13-32(38)34-19-17-30(24-42(34)49)44(3,4)5)36(26-46)41(23-29)50-39-16-12-10-14-33(39)35-20-18-31(25-43(35)50)45(6,7)8/h9-25H,1-8H3. The largest absolute Gasteiger partial charge is 0.308 e. The molecule has 0 aliphatic heterocycles. The smallest absolute Gasteiger partial charge is 0.126 e. The van der Waals surface area contributed by atoms with Gasteiger partial charge in [-0.05, 0) is 78.3 Å². The van der Waals surface area contributed by atoms with Gasteiger partial charge < -0.3 is 9.13 Å². The van der Waals surface area contributed by atoms with Crippen molar-refractivity contribution >= 4 is 43.6 Å². The van der Waals surface area contributed by atoms with E-state index in [2.05, 4.69) is 159 Å². The van der Waals surface area contributed by atoms with Crippen molar-refractivity contribution in [1.29, 1.82) is 5.26 Å². The molecule has 0 amide bonds. The summed E-state index contributed by atoms with van der Waals surface area (Å²) in [6, 6.07) is 39.6. The van der Waals surface area contributed by atoms with Crippen molar-refractivity contribution in [3.63, 3.8) is 0 Å². The second-order valence-corrected chi connectivity index (χ2v) is 15.6. The fourth-order valence-corrected chi connectivity index (χ4v) is 7.48. The van der Waals surface area contributed by atoms with E-state index in [1.54, 1.807) is 0 Å². The second-order valence-electron chi connectivity index (χ2n) is 15.6. The number of aryl methyl sites for hydroxylation is 2. The van der Waals surface area contributed by atoms with Crippen molar-refractivity contribution in [3.05, 3.63) is 131 Å². The molecule has 0 radical (unpaired) electrons. The van der Waals surface area contributed by atoms with E-state index in [1.807, 2.05) is 19.9 Å². The van der Waals surface area contributed by atoms with Crippen LogP contribution < -0.4 is 0 Å². The van der Waals surface area contributed by atoms with Gasteiger partial charge in [0.25, 0.3) is 0 Å². The summed E-state index contributed by atoms with van der Waals surface area (Å²) in [5.74, 6) is 0.714. The van der Waals surface area contributed by atoms with Crippen LogP contribution in [0.1, 0.15) is 69.8 Å². The third kappa shape index (κ3) is 4.98. The molecule has 0 fully saturated rings. The maximum atomic E-state index is 11.3. The molecule has 0 aliphatic carbocycles. The van der Waals surface area contributed by atoms with Crippen LogP contribution in [0.25, 0.3) is 66.2 Å². The van der Waals surface area contributed by atoms with Crippen LogP contribution in [-0.2, 0) is 10.8 Å². The van der Waals surface area contributed by atoms with E-state index in [0.29, 0.717) is 11.4 Å². The maximum absolute atomic E-state index is 11.3. The third-order valence-electron chi connectivity index (χ3n) is 10.0. The number of hydrogen-bond donors (Lipinski definition) is 0. The first-order valence-corrected chi connectivity index (χ1v) is 17.3. The minimum absolute atomic E-state index is 0.0513. The highest BCUT2D eigenvalue weighted by molar-refractivity contribution is 6.11. The Morgan fingerprint density at radius 2 is 1.00 bits per heavy atom. The van der Waals surface area contributed by atoms with Crippen molar-refractivity contribution in [1.82, 2.24) is 19.1 Å². The molecule has 0 atom stereocenters. The first kappa shape index (κ1) is 31.5. The van der Waals surface area contributed by atoms with E-state index in [4.69, 9.17) is 4.98 Å². The molecule has 5 aromatic carbocycles. The van der Waals surface area contributed by atoms with Gasteiger partial charge in [0, 0.05) is 32.8 Å². The Bertz CT molecular complexity index is 2530. The third-order valence-corrected chi connectivity index (χ3v) is 10.0. The molecule has 0 saturated heterocycles. The van der Waals surface area contributed by atoms with Crippen LogP contribution in [-0.4, -0.2) is 19.1 Å². The predicted molar refractivity (Wildman–Crippen MR) is 208 cm³/mol. The highest BCUT2D eigenvalue weighted by Gasteiger charge is 2.25. The summed E-state index contributed by atoms with van der Waals surface area (Å²) in [5.41, 5.74) is 11.5. The number of para-hydroxylation sites is 2. The number of nitrogens with zero attached hydrogens (tertiary/aromatic N) is 5. The Morgan fingerprint density at radius 1 is 0.540 bits per heavy atom. The van der Waals surface area contributed by atoms with E-state index < -0.39 is 0 Å². The molecule has 0 aliphatic rings.